The summed E-state index contributed by atoms with van der Waals surface area (Å²) in [4.78, 5) is 36.1. The van der Waals surface area contributed by atoms with Gasteiger partial charge in [0.2, 0.25) is 5.91 Å². The molecule has 0 aliphatic carbocycles. The maximum Gasteiger partial charge on any atom is 0.407 e. The largest absolute Gasteiger partial charge is 0.468 e. The molecule has 11 heteroatoms. The van der Waals surface area contributed by atoms with Crippen LogP contribution in [0.4, 0.5) is 16.4 Å². The lowest BCUT2D eigenvalue weighted by Crippen LogP contribution is -2.55. The van der Waals surface area contributed by atoms with Crippen LogP contribution in [0.5, 0.6) is 5.88 Å². The average Bonchev–Trinajstić information content (AvgIpc) is 2.99. The van der Waals surface area contributed by atoms with E-state index in [9.17, 15) is 9.59 Å². The Bertz CT molecular complexity index is 1070. The second kappa shape index (κ2) is 6.68. The molecular weight excluding hydrogens is 366 g/mol. The summed E-state index contributed by atoms with van der Waals surface area (Å²) < 4.78 is 7.45. The number of fused-ring (bicyclic) bond motifs is 1. The number of hydrogen-bond donors (Lipinski definition) is 3. The lowest BCUT2D eigenvalue weighted by atomic mass is 10.2. The molecule has 0 aromatic carbocycles. The van der Waals surface area contributed by atoms with Crippen LogP contribution in [-0.2, 0) is 4.79 Å². The fraction of sp³-hybridized carbons (Fsp3) is 0.235. The van der Waals surface area contributed by atoms with E-state index in [0.717, 1.165) is 5.56 Å². The van der Waals surface area contributed by atoms with Crippen LogP contribution in [0.2, 0.25) is 0 Å². The number of amides is 2. The van der Waals surface area contributed by atoms with Gasteiger partial charge in [0.1, 0.15) is 11.8 Å². The van der Waals surface area contributed by atoms with Gasteiger partial charge in [-0.1, -0.05) is 0 Å². The molecule has 28 heavy (non-hydrogen) atoms. The molecule has 4 N–H and O–H groups in total. The fourth-order valence-corrected chi connectivity index (χ4v) is 2.82. The number of nitrogens with zero attached hydrogens (tertiary/aromatic N) is 5. The first-order valence-electron chi connectivity index (χ1n) is 8.43. The first-order chi connectivity index (χ1) is 13.4. The lowest BCUT2D eigenvalue weighted by Gasteiger charge is -2.36. The first kappa shape index (κ1) is 17.5. The minimum Gasteiger partial charge on any atom is -0.468 e. The molecule has 0 spiro atoms. The number of carboxylic acid groups (broad SMARTS) is 1. The van der Waals surface area contributed by atoms with Crippen LogP contribution in [0, 0.1) is 0 Å². The van der Waals surface area contributed by atoms with Gasteiger partial charge in [-0.2, -0.15) is 0 Å². The van der Waals surface area contributed by atoms with E-state index >= 15 is 0 Å². The lowest BCUT2D eigenvalue weighted by molar-refractivity contribution is -0.114. The monoisotopic (exact) mass is 383 g/mol. The minimum atomic E-state index is -0.986. The predicted octanol–water partition coefficient (Wildman–Crippen LogP) is 1.07. The fourth-order valence-electron chi connectivity index (χ4n) is 2.82. The molecule has 1 aliphatic heterocycles. The molecule has 4 rings (SSSR count). The number of nitrogens with one attached hydrogen (secondary N) is 1. The molecule has 0 radical (unpaired) electrons. The van der Waals surface area contributed by atoms with Crippen molar-refractivity contribution in [1.29, 1.82) is 0 Å². The Morgan fingerprint density at radius 1 is 1.29 bits per heavy atom. The number of pyridine rings is 1. The summed E-state index contributed by atoms with van der Waals surface area (Å²) >= 11 is 0. The Labute approximate surface area is 158 Å². The average molecular weight is 383 g/mol. The number of ether oxygens (including phenoxy) is 1. The van der Waals surface area contributed by atoms with Gasteiger partial charge in [-0.15, -0.1) is 0 Å². The molecule has 0 bridgehead atoms. The highest BCUT2D eigenvalue weighted by molar-refractivity contribution is 5.87. The molecular formula is C17H17N7O4. The van der Waals surface area contributed by atoms with Crippen molar-refractivity contribution in [2.24, 2.45) is 0 Å². The molecule has 1 aliphatic rings. The van der Waals surface area contributed by atoms with Crippen molar-refractivity contribution < 1.29 is 19.4 Å². The molecule has 3 aromatic heterocycles. The molecule has 11 nitrogen and oxygen atoms in total. The second-order valence-corrected chi connectivity index (χ2v) is 6.36. The number of nitrogens with two attached hydrogens (primary N) is 1. The standard InChI is InChI=1S/C17H17N7O4/c1-9(25)20-13-8-23-5-10(2-3-14(23)22-13)12-4-19-15(18)16(21-12)28-11-6-24(7-11)17(26)27/h2-5,8,11H,6-7H2,1H3,(H2,18,19)(H,20,25)(H,26,27). The predicted molar refractivity (Wildman–Crippen MR) is 98.9 cm³/mol. The first-order valence-corrected chi connectivity index (χ1v) is 8.43. The number of rotatable bonds is 4. The molecule has 0 saturated carbocycles. The highest BCUT2D eigenvalue weighted by Gasteiger charge is 2.33. The molecule has 144 valence electrons. The minimum absolute atomic E-state index is 0.133. The van der Waals surface area contributed by atoms with Crippen LogP contribution in [0.3, 0.4) is 0 Å². The van der Waals surface area contributed by atoms with Gasteiger partial charge in [0, 0.05) is 18.7 Å². The number of likely N-dealkylation sites (tertiary alicyclic amines) is 1. The van der Waals surface area contributed by atoms with Gasteiger partial charge in [-0.25, -0.2) is 19.7 Å². The number of carbonyl (C=O) groups excluding carboxylic acids is 1. The summed E-state index contributed by atoms with van der Waals surface area (Å²) in [6, 6.07) is 3.61. The maximum atomic E-state index is 11.2. The van der Waals surface area contributed by atoms with Crippen molar-refractivity contribution in [1.82, 2.24) is 24.3 Å². The van der Waals surface area contributed by atoms with Gasteiger partial charge in [-0.3, -0.25) is 4.79 Å². The van der Waals surface area contributed by atoms with Crippen molar-refractivity contribution in [2.45, 2.75) is 13.0 Å². The van der Waals surface area contributed by atoms with E-state index in [2.05, 4.69) is 20.3 Å². The highest BCUT2D eigenvalue weighted by Crippen LogP contribution is 2.26. The van der Waals surface area contributed by atoms with Gasteiger partial charge in [0.25, 0.3) is 5.88 Å². The zero-order valence-corrected chi connectivity index (χ0v) is 14.9. The summed E-state index contributed by atoms with van der Waals surface area (Å²) in [6.45, 7) is 1.93. The Morgan fingerprint density at radius 3 is 2.79 bits per heavy atom. The summed E-state index contributed by atoms with van der Waals surface area (Å²) in [5, 5.41) is 11.5. The number of nitrogen functional groups attached to an aromatic ring is 1. The Kier molecular flexibility index (Phi) is 4.18. The van der Waals surface area contributed by atoms with Crippen LogP contribution in [0.25, 0.3) is 16.9 Å². The zero-order chi connectivity index (χ0) is 19.8. The molecule has 4 heterocycles. The van der Waals surface area contributed by atoms with Gasteiger partial charge >= 0.3 is 6.09 Å². The highest BCUT2D eigenvalue weighted by atomic mass is 16.5. The van der Waals surface area contributed by atoms with E-state index in [1.54, 1.807) is 22.9 Å². The third-order valence-corrected chi connectivity index (χ3v) is 4.21. The van der Waals surface area contributed by atoms with Crippen molar-refractivity contribution in [3.05, 3.63) is 30.7 Å². The van der Waals surface area contributed by atoms with Gasteiger partial charge in [-0.05, 0) is 12.1 Å². The van der Waals surface area contributed by atoms with E-state index in [0.29, 0.717) is 17.2 Å². The third-order valence-electron chi connectivity index (χ3n) is 4.21. The Hall–Kier alpha value is -3.89. The van der Waals surface area contributed by atoms with E-state index < -0.39 is 6.09 Å². The van der Waals surface area contributed by atoms with Crippen LogP contribution in [0.1, 0.15) is 6.92 Å². The molecule has 0 unspecified atom stereocenters. The molecule has 0 atom stereocenters. The molecule has 3 aromatic rings. The van der Waals surface area contributed by atoms with Crippen molar-refractivity contribution >= 4 is 29.3 Å². The van der Waals surface area contributed by atoms with Crippen molar-refractivity contribution in [3.63, 3.8) is 0 Å². The summed E-state index contributed by atoms with van der Waals surface area (Å²) in [7, 11) is 0. The number of carbonyl (C=O) groups is 2. The normalized spacial score (nSPS) is 14.0. The number of aromatic nitrogens is 4. The quantitative estimate of drug-likeness (QED) is 0.606. The SMILES string of the molecule is CC(=O)Nc1cn2cc(-c3cnc(N)c(OC4CN(C(=O)O)C4)n3)ccc2n1. The van der Waals surface area contributed by atoms with Crippen molar-refractivity contribution in [2.75, 3.05) is 24.1 Å². The van der Waals surface area contributed by atoms with E-state index in [1.165, 1.54) is 18.0 Å². The van der Waals surface area contributed by atoms with E-state index in [-0.39, 0.29) is 36.8 Å². The summed E-state index contributed by atoms with van der Waals surface area (Å²) in [5.41, 5.74) is 7.79. The number of hydrogen-bond acceptors (Lipinski definition) is 7. The third kappa shape index (κ3) is 3.37. The van der Waals surface area contributed by atoms with Crippen LogP contribution in [0.15, 0.2) is 30.7 Å². The summed E-state index contributed by atoms with van der Waals surface area (Å²) in [5.74, 6) is 0.545. The van der Waals surface area contributed by atoms with Crippen LogP contribution in [-0.4, -0.2) is 60.6 Å². The Morgan fingerprint density at radius 2 is 2.07 bits per heavy atom. The zero-order valence-electron chi connectivity index (χ0n) is 14.9. The molecule has 2 amide bonds. The van der Waals surface area contributed by atoms with Gasteiger partial charge in [0.15, 0.2) is 11.6 Å². The van der Waals surface area contributed by atoms with E-state index in [1.807, 2.05) is 6.07 Å². The number of imidazole rings is 1. The maximum absolute atomic E-state index is 11.2. The van der Waals surface area contributed by atoms with Crippen LogP contribution >= 0.6 is 0 Å². The van der Waals surface area contributed by atoms with Crippen molar-refractivity contribution in [3.8, 4) is 17.1 Å². The van der Waals surface area contributed by atoms with Crippen LogP contribution < -0.4 is 15.8 Å². The Balaban J connectivity index is 1.57. The van der Waals surface area contributed by atoms with E-state index in [4.69, 9.17) is 15.6 Å². The van der Waals surface area contributed by atoms with Gasteiger partial charge < -0.3 is 30.2 Å². The topological polar surface area (TPSA) is 148 Å². The number of anilines is 2. The summed E-state index contributed by atoms with van der Waals surface area (Å²) in [6.07, 6.45) is 3.73. The second-order valence-electron chi connectivity index (χ2n) is 6.36. The van der Waals surface area contributed by atoms with Gasteiger partial charge in [0.05, 0.1) is 31.2 Å². The smallest absolute Gasteiger partial charge is 0.407 e. The molecule has 1 fully saturated rings. The molecule has 1 saturated heterocycles.